The fourth-order valence-electron chi connectivity index (χ4n) is 1.98. The van der Waals surface area contributed by atoms with E-state index in [2.05, 4.69) is 23.2 Å². The highest BCUT2D eigenvalue weighted by molar-refractivity contribution is 7.91. The van der Waals surface area contributed by atoms with Crippen molar-refractivity contribution in [2.24, 2.45) is 5.92 Å². The fraction of sp³-hybridized carbons (Fsp3) is 0.533. The van der Waals surface area contributed by atoms with Gasteiger partial charge in [-0.05, 0) is 19.8 Å². The van der Waals surface area contributed by atoms with E-state index < -0.39 is 15.9 Å². The van der Waals surface area contributed by atoms with Crippen molar-refractivity contribution in [3.8, 4) is 0 Å². The van der Waals surface area contributed by atoms with Crippen LogP contribution in [0.3, 0.4) is 0 Å². The van der Waals surface area contributed by atoms with E-state index in [0.29, 0.717) is 13.1 Å². The van der Waals surface area contributed by atoms with Crippen LogP contribution in [0, 0.1) is 5.92 Å². The molecular weight excluding hydrogens is 316 g/mol. The van der Waals surface area contributed by atoms with Gasteiger partial charge in [-0.15, -0.1) is 5.10 Å². The van der Waals surface area contributed by atoms with Gasteiger partial charge in [-0.25, -0.2) is 18.2 Å². The summed E-state index contributed by atoms with van der Waals surface area (Å²) in [5.74, 6) is -0.113. The SMILES string of the molecule is C=C(C)CN(CC(=C)C)C(=O)n1cnc(S(=O)(=O)CC(C)C)n1. The molecule has 0 aliphatic carbocycles. The summed E-state index contributed by atoms with van der Waals surface area (Å²) in [7, 11) is -3.59. The van der Waals surface area contributed by atoms with Gasteiger partial charge in [0.15, 0.2) is 0 Å². The summed E-state index contributed by atoms with van der Waals surface area (Å²) in [6.07, 6.45) is 1.12. The van der Waals surface area contributed by atoms with Crippen molar-refractivity contribution in [1.82, 2.24) is 19.7 Å². The van der Waals surface area contributed by atoms with Gasteiger partial charge in [0.1, 0.15) is 6.33 Å². The second-order valence-electron chi connectivity index (χ2n) is 6.20. The molecule has 128 valence electrons. The molecule has 0 radical (unpaired) electrons. The normalized spacial score (nSPS) is 11.5. The monoisotopic (exact) mass is 340 g/mol. The third kappa shape index (κ3) is 5.63. The zero-order valence-electron chi connectivity index (χ0n) is 14.1. The Labute approximate surface area is 137 Å². The Kier molecular flexibility index (Phi) is 6.26. The molecule has 0 fully saturated rings. The van der Waals surface area contributed by atoms with E-state index in [-0.39, 0.29) is 16.8 Å². The van der Waals surface area contributed by atoms with E-state index in [1.54, 1.807) is 27.7 Å². The molecular formula is C15H24N4O3S. The molecule has 8 heteroatoms. The molecule has 0 aromatic carbocycles. The summed E-state index contributed by atoms with van der Waals surface area (Å²) in [6.45, 7) is 15.4. The number of hydrogen-bond donors (Lipinski definition) is 0. The van der Waals surface area contributed by atoms with Gasteiger partial charge in [0.05, 0.1) is 5.75 Å². The predicted molar refractivity (Wildman–Crippen MR) is 88.9 cm³/mol. The highest BCUT2D eigenvalue weighted by Crippen LogP contribution is 2.10. The molecule has 1 aromatic heterocycles. The van der Waals surface area contributed by atoms with Crippen LogP contribution in [0.2, 0.25) is 0 Å². The van der Waals surface area contributed by atoms with Gasteiger partial charge in [0.2, 0.25) is 9.84 Å². The summed E-state index contributed by atoms with van der Waals surface area (Å²) in [6, 6.07) is -0.463. The fourth-order valence-corrected chi connectivity index (χ4v) is 3.43. The lowest BCUT2D eigenvalue weighted by atomic mass is 10.3. The molecule has 0 N–H and O–H groups in total. The van der Waals surface area contributed by atoms with Crippen LogP contribution >= 0.6 is 0 Å². The van der Waals surface area contributed by atoms with E-state index in [0.717, 1.165) is 22.2 Å². The van der Waals surface area contributed by atoms with Crippen LogP contribution in [0.1, 0.15) is 27.7 Å². The molecule has 0 unspecified atom stereocenters. The Morgan fingerprint density at radius 1 is 1.26 bits per heavy atom. The maximum absolute atomic E-state index is 12.5. The number of hydrogen-bond acceptors (Lipinski definition) is 5. The van der Waals surface area contributed by atoms with E-state index in [1.807, 2.05) is 0 Å². The van der Waals surface area contributed by atoms with E-state index >= 15 is 0 Å². The number of carbonyl (C=O) groups is 1. The first-order valence-corrected chi connectivity index (χ1v) is 8.90. The lowest BCUT2D eigenvalue weighted by Crippen LogP contribution is -2.37. The van der Waals surface area contributed by atoms with Crippen LogP contribution in [0.15, 0.2) is 35.8 Å². The largest absolute Gasteiger partial charge is 0.346 e. The zero-order valence-corrected chi connectivity index (χ0v) is 14.9. The minimum Gasteiger partial charge on any atom is -0.315 e. The summed E-state index contributed by atoms with van der Waals surface area (Å²) < 4.78 is 25.2. The Morgan fingerprint density at radius 2 is 1.78 bits per heavy atom. The van der Waals surface area contributed by atoms with Gasteiger partial charge >= 0.3 is 6.03 Å². The topological polar surface area (TPSA) is 85.2 Å². The van der Waals surface area contributed by atoms with Crippen LogP contribution < -0.4 is 0 Å². The molecule has 0 saturated carbocycles. The quantitative estimate of drug-likeness (QED) is 0.710. The van der Waals surface area contributed by atoms with Gasteiger partial charge in [0, 0.05) is 13.1 Å². The first-order valence-electron chi connectivity index (χ1n) is 7.25. The Bertz CT molecular complexity index is 688. The van der Waals surface area contributed by atoms with Crippen LogP contribution in [-0.2, 0) is 9.84 Å². The van der Waals surface area contributed by atoms with E-state index in [4.69, 9.17) is 0 Å². The van der Waals surface area contributed by atoms with Crippen LogP contribution in [-0.4, -0.2) is 53.0 Å². The Balaban J connectivity index is 3.04. The molecule has 1 heterocycles. The van der Waals surface area contributed by atoms with Gasteiger partial charge in [0.25, 0.3) is 5.16 Å². The molecule has 1 rings (SSSR count). The smallest absolute Gasteiger partial charge is 0.315 e. The standard InChI is InChI=1S/C15H24N4O3S/c1-11(2)7-18(8-12(3)4)15(20)19-10-16-14(17-19)23(21,22)9-13(5)6/h10,13H,1,3,7-9H2,2,4-6H3. The first kappa shape index (κ1) is 19.1. The molecule has 0 bridgehead atoms. The lowest BCUT2D eigenvalue weighted by Gasteiger charge is -2.22. The molecule has 23 heavy (non-hydrogen) atoms. The molecule has 1 amide bonds. The van der Waals surface area contributed by atoms with Gasteiger partial charge in [-0.2, -0.15) is 4.68 Å². The van der Waals surface area contributed by atoms with E-state index in [1.165, 1.54) is 4.90 Å². The zero-order chi connectivity index (χ0) is 17.8. The van der Waals surface area contributed by atoms with Crippen LogP contribution in [0.25, 0.3) is 0 Å². The van der Waals surface area contributed by atoms with Crippen molar-refractivity contribution < 1.29 is 13.2 Å². The first-order chi connectivity index (χ1) is 10.5. The number of aromatic nitrogens is 3. The molecule has 0 atom stereocenters. The maximum Gasteiger partial charge on any atom is 0.346 e. The molecule has 0 saturated heterocycles. The second-order valence-corrected chi connectivity index (χ2v) is 8.13. The average Bonchev–Trinajstić information content (AvgIpc) is 2.84. The summed E-state index contributed by atoms with van der Waals surface area (Å²) in [5.41, 5.74) is 1.60. The van der Waals surface area contributed by atoms with Gasteiger partial charge < -0.3 is 4.90 Å². The van der Waals surface area contributed by atoms with Gasteiger partial charge in [-0.1, -0.05) is 38.2 Å². The Hall–Kier alpha value is -1.96. The number of amides is 1. The van der Waals surface area contributed by atoms with Crippen molar-refractivity contribution >= 4 is 15.9 Å². The minimum atomic E-state index is -3.59. The minimum absolute atomic E-state index is 0.0500. The van der Waals surface area contributed by atoms with E-state index in [9.17, 15) is 13.2 Å². The summed E-state index contributed by atoms with van der Waals surface area (Å²) >= 11 is 0. The van der Waals surface area contributed by atoms with Gasteiger partial charge in [-0.3, -0.25) is 0 Å². The summed E-state index contributed by atoms with van der Waals surface area (Å²) in [4.78, 5) is 17.7. The Morgan fingerprint density at radius 3 is 2.22 bits per heavy atom. The summed E-state index contributed by atoms with van der Waals surface area (Å²) in [5, 5.41) is 3.51. The lowest BCUT2D eigenvalue weighted by molar-refractivity contribution is 0.204. The molecule has 7 nitrogen and oxygen atoms in total. The number of carbonyl (C=O) groups excluding carboxylic acids is 1. The maximum atomic E-state index is 12.5. The molecule has 0 aliphatic rings. The molecule has 0 aliphatic heterocycles. The highest BCUT2D eigenvalue weighted by atomic mass is 32.2. The van der Waals surface area contributed by atoms with Crippen LogP contribution in [0.5, 0.6) is 0 Å². The highest BCUT2D eigenvalue weighted by Gasteiger charge is 2.24. The number of rotatable bonds is 7. The molecule has 1 aromatic rings. The number of sulfone groups is 1. The van der Waals surface area contributed by atoms with Crippen molar-refractivity contribution in [1.29, 1.82) is 0 Å². The molecule has 0 spiro atoms. The number of nitrogens with zero attached hydrogens (tertiary/aromatic N) is 4. The van der Waals surface area contributed by atoms with Crippen molar-refractivity contribution in [2.45, 2.75) is 32.9 Å². The third-order valence-electron chi connectivity index (χ3n) is 2.69. The van der Waals surface area contributed by atoms with Crippen molar-refractivity contribution in [2.75, 3.05) is 18.8 Å². The second kappa shape index (κ2) is 7.54. The van der Waals surface area contributed by atoms with Crippen molar-refractivity contribution in [3.05, 3.63) is 30.6 Å². The third-order valence-corrected chi connectivity index (χ3v) is 4.54. The van der Waals surface area contributed by atoms with Crippen LogP contribution in [0.4, 0.5) is 4.79 Å². The predicted octanol–water partition coefficient (Wildman–Crippen LogP) is 2.13. The van der Waals surface area contributed by atoms with Crippen molar-refractivity contribution in [3.63, 3.8) is 0 Å². The average molecular weight is 340 g/mol.